The zero-order valence-corrected chi connectivity index (χ0v) is 12.5. The number of hydrogen-bond donors (Lipinski definition) is 1. The molecule has 0 bridgehead atoms. The Labute approximate surface area is 117 Å². The minimum Gasteiger partial charge on any atom is -0.490 e. The van der Waals surface area contributed by atoms with E-state index in [-0.39, 0.29) is 6.04 Å². The van der Waals surface area contributed by atoms with E-state index in [0.717, 1.165) is 17.2 Å². The van der Waals surface area contributed by atoms with Crippen molar-refractivity contribution >= 4 is 0 Å². The molecule has 0 spiro atoms. The van der Waals surface area contributed by atoms with Crippen molar-refractivity contribution in [2.75, 3.05) is 0 Å². The fourth-order valence-corrected chi connectivity index (χ4v) is 2.96. The van der Waals surface area contributed by atoms with Gasteiger partial charge in [0.2, 0.25) is 0 Å². The van der Waals surface area contributed by atoms with E-state index in [9.17, 15) is 0 Å². The summed E-state index contributed by atoms with van der Waals surface area (Å²) < 4.78 is 6.24. The van der Waals surface area contributed by atoms with E-state index in [2.05, 4.69) is 32.0 Å². The second kappa shape index (κ2) is 6.42. The SMILES string of the molecule is CCC1CCC(Oc2cc(C)ccc2C(C)N)CC1. The first kappa shape index (κ1) is 14.4. The Morgan fingerprint density at radius 3 is 2.53 bits per heavy atom. The maximum absolute atomic E-state index is 6.24. The molecule has 1 aliphatic carbocycles. The van der Waals surface area contributed by atoms with Crippen molar-refractivity contribution in [1.29, 1.82) is 0 Å². The molecule has 2 N–H and O–H groups in total. The number of ether oxygens (including phenoxy) is 1. The summed E-state index contributed by atoms with van der Waals surface area (Å²) in [5, 5.41) is 0. The molecule has 0 saturated heterocycles. The summed E-state index contributed by atoms with van der Waals surface area (Å²) in [5.41, 5.74) is 8.40. The van der Waals surface area contributed by atoms with Crippen LogP contribution in [-0.4, -0.2) is 6.10 Å². The molecule has 2 rings (SSSR count). The zero-order chi connectivity index (χ0) is 13.8. The first-order chi connectivity index (χ1) is 9.10. The molecule has 1 aliphatic rings. The normalized spacial score (nSPS) is 25.1. The first-order valence-electron chi connectivity index (χ1n) is 7.63. The Bertz CT molecular complexity index is 406. The molecule has 0 aliphatic heterocycles. The molecule has 1 aromatic carbocycles. The minimum atomic E-state index is 0.0302. The third-order valence-electron chi connectivity index (χ3n) is 4.32. The molecule has 106 valence electrons. The van der Waals surface area contributed by atoms with Crippen LogP contribution in [0.15, 0.2) is 18.2 Å². The highest BCUT2D eigenvalue weighted by atomic mass is 16.5. The van der Waals surface area contributed by atoms with Crippen LogP contribution in [0.1, 0.15) is 63.1 Å². The number of aryl methyl sites for hydroxylation is 1. The van der Waals surface area contributed by atoms with Gasteiger partial charge in [-0.15, -0.1) is 0 Å². The van der Waals surface area contributed by atoms with Gasteiger partial charge in [0.25, 0.3) is 0 Å². The second-order valence-electron chi connectivity index (χ2n) is 6.00. The molecule has 0 heterocycles. The van der Waals surface area contributed by atoms with E-state index >= 15 is 0 Å². The smallest absolute Gasteiger partial charge is 0.124 e. The van der Waals surface area contributed by atoms with Crippen LogP contribution in [0.4, 0.5) is 0 Å². The van der Waals surface area contributed by atoms with Crippen LogP contribution in [0, 0.1) is 12.8 Å². The highest BCUT2D eigenvalue weighted by Gasteiger charge is 2.22. The average molecular weight is 261 g/mol. The fourth-order valence-electron chi connectivity index (χ4n) is 2.96. The van der Waals surface area contributed by atoms with Crippen molar-refractivity contribution in [3.8, 4) is 5.75 Å². The van der Waals surface area contributed by atoms with Crippen LogP contribution in [0.3, 0.4) is 0 Å². The van der Waals surface area contributed by atoms with Crippen molar-refractivity contribution in [2.45, 2.75) is 65.0 Å². The lowest BCUT2D eigenvalue weighted by Gasteiger charge is -2.29. The van der Waals surface area contributed by atoms with Gasteiger partial charge in [0.05, 0.1) is 6.10 Å². The molecular formula is C17H27NO. The predicted octanol–water partition coefficient (Wildman–Crippen LogP) is 4.36. The molecule has 0 aromatic heterocycles. The number of rotatable bonds is 4. The van der Waals surface area contributed by atoms with Gasteiger partial charge in [-0.1, -0.05) is 25.5 Å². The summed E-state index contributed by atoms with van der Waals surface area (Å²) in [7, 11) is 0. The van der Waals surface area contributed by atoms with E-state index in [1.54, 1.807) is 0 Å². The summed E-state index contributed by atoms with van der Waals surface area (Å²) in [6.07, 6.45) is 6.67. The molecule has 19 heavy (non-hydrogen) atoms. The summed E-state index contributed by atoms with van der Waals surface area (Å²) in [6, 6.07) is 6.37. The summed E-state index contributed by atoms with van der Waals surface area (Å²) in [6.45, 7) is 6.41. The maximum Gasteiger partial charge on any atom is 0.124 e. The molecule has 1 unspecified atom stereocenters. The highest BCUT2D eigenvalue weighted by Crippen LogP contribution is 2.32. The standard InChI is InChI=1S/C17H27NO/c1-4-14-6-8-15(9-7-14)19-17-11-12(2)5-10-16(17)13(3)18/h5,10-11,13-15H,4,6-9,18H2,1-3H3. The maximum atomic E-state index is 6.24. The molecule has 1 fully saturated rings. The van der Waals surface area contributed by atoms with Crippen LogP contribution < -0.4 is 10.5 Å². The van der Waals surface area contributed by atoms with E-state index < -0.39 is 0 Å². The van der Waals surface area contributed by atoms with Crippen LogP contribution in [0.2, 0.25) is 0 Å². The van der Waals surface area contributed by atoms with E-state index in [0.29, 0.717) is 6.10 Å². The zero-order valence-electron chi connectivity index (χ0n) is 12.5. The summed E-state index contributed by atoms with van der Waals surface area (Å²) in [4.78, 5) is 0. The third kappa shape index (κ3) is 3.73. The van der Waals surface area contributed by atoms with Crippen molar-refractivity contribution in [3.63, 3.8) is 0 Å². The monoisotopic (exact) mass is 261 g/mol. The van der Waals surface area contributed by atoms with Gasteiger partial charge in [0.15, 0.2) is 0 Å². The molecule has 1 saturated carbocycles. The highest BCUT2D eigenvalue weighted by molar-refractivity contribution is 5.39. The average Bonchev–Trinajstić information content (AvgIpc) is 2.39. The number of nitrogens with two attached hydrogens (primary N) is 1. The van der Waals surface area contributed by atoms with Crippen LogP contribution in [0.25, 0.3) is 0 Å². The lowest BCUT2D eigenvalue weighted by Crippen LogP contribution is -2.24. The second-order valence-corrected chi connectivity index (χ2v) is 6.00. The topological polar surface area (TPSA) is 35.2 Å². The van der Waals surface area contributed by atoms with Gasteiger partial charge in [-0.3, -0.25) is 0 Å². The Balaban J connectivity index is 2.04. The van der Waals surface area contributed by atoms with Crippen molar-refractivity contribution in [1.82, 2.24) is 0 Å². The van der Waals surface area contributed by atoms with Crippen LogP contribution in [0.5, 0.6) is 5.75 Å². The van der Waals surface area contributed by atoms with Gasteiger partial charge >= 0.3 is 0 Å². The fraction of sp³-hybridized carbons (Fsp3) is 0.647. The third-order valence-corrected chi connectivity index (χ3v) is 4.32. The Hall–Kier alpha value is -1.02. The number of hydrogen-bond acceptors (Lipinski definition) is 2. The largest absolute Gasteiger partial charge is 0.490 e. The molecule has 1 atom stereocenters. The summed E-state index contributed by atoms with van der Waals surface area (Å²) >= 11 is 0. The molecule has 0 amide bonds. The van der Waals surface area contributed by atoms with E-state index in [1.807, 2.05) is 6.92 Å². The predicted molar refractivity (Wildman–Crippen MR) is 80.4 cm³/mol. The van der Waals surface area contributed by atoms with Crippen molar-refractivity contribution in [3.05, 3.63) is 29.3 Å². The summed E-state index contributed by atoms with van der Waals surface area (Å²) in [5.74, 6) is 1.90. The lowest BCUT2D eigenvalue weighted by molar-refractivity contribution is 0.128. The lowest BCUT2D eigenvalue weighted by atomic mass is 9.86. The van der Waals surface area contributed by atoms with Gasteiger partial charge in [0, 0.05) is 11.6 Å². The van der Waals surface area contributed by atoms with E-state index in [4.69, 9.17) is 10.5 Å². The van der Waals surface area contributed by atoms with Gasteiger partial charge in [-0.2, -0.15) is 0 Å². The Morgan fingerprint density at radius 2 is 1.95 bits per heavy atom. The molecular weight excluding hydrogens is 234 g/mol. The first-order valence-corrected chi connectivity index (χ1v) is 7.63. The molecule has 0 radical (unpaired) electrons. The Morgan fingerprint density at radius 1 is 1.26 bits per heavy atom. The van der Waals surface area contributed by atoms with Crippen molar-refractivity contribution in [2.24, 2.45) is 11.7 Å². The van der Waals surface area contributed by atoms with Gasteiger partial charge in [0.1, 0.15) is 5.75 Å². The quantitative estimate of drug-likeness (QED) is 0.874. The minimum absolute atomic E-state index is 0.0302. The van der Waals surface area contributed by atoms with Gasteiger partial charge in [-0.05, 0) is 57.1 Å². The molecule has 2 heteroatoms. The molecule has 2 nitrogen and oxygen atoms in total. The van der Waals surface area contributed by atoms with Crippen LogP contribution >= 0.6 is 0 Å². The number of benzene rings is 1. The van der Waals surface area contributed by atoms with Gasteiger partial charge < -0.3 is 10.5 Å². The van der Waals surface area contributed by atoms with E-state index in [1.165, 1.54) is 37.7 Å². The van der Waals surface area contributed by atoms with Crippen molar-refractivity contribution < 1.29 is 4.74 Å². The Kier molecular flexibility index (Phi) is 4.87. The van der Waals surface area contributed by atoms with Crippen LogP contribution in [-0.2, 0) is 0 Å². The van der Waals surface area contributed by atoms with Gasteiger partial charge in [-0.25, -0.2) is 0 Å². The molecule has 1 aromatic rings.